The SMILES string of the molecule is C=C(C)CN(CC)C(=O)Cn1cnc2ccc(Br)cc2c1=O. The molecule has 1 aromatic carbocycles. The molecule has 0 unspecified atom stereocenters. The van der Waals surface area contributed by atoms with Crippen molar-refractivity contribution in [1.82, 2.24) is 14.5 Å². The van der Waals surface area contributed by atoms with Crippen molar-refractivity contribution in [1.29, 1.82) is 0 Å². The van der Waals surface area contributed by atoms with Gasteiger partial charge in [0, 0.05) is 17.6 Å². The molecule has 0 radical (unpaired) electrons. The molecule has 0 atom stereocenters. The number of nitrogens with zero attached hydrogens (tertiary/aromatic N) is 3. The van der Waals surface area contributed by atoms with Gasteiger partial charge in [-0.3, -0.25) is 14.2 Å². The lowest BCUT2D eigenvalue weighted by Gasteiger charge is -2.21. The average molecular weight is 364 g/mol. The number of likely N-dealkylation sites (N-methyl/N-ethyl adjacent to an activating group) is 1. The standard InChI is InChI=1S/C16H18BrN3O2/c1-4-19(8-11(2)3)15(21)9-20-10-18-14-6-5-12(17)7-13(14)16(20)22/h5-7,10H,2,4,8-9H2,1,3H3. The summed E-state index contributed by atoms with van der Waals surface area (Å²) in [7, 11) is 0. The van der Waals surface area contributed by atoms with Crippen molar-refractivity contribution >= 4 is 32.7 Å². The predicted molar refractivity (Wildman–Crippen MR) is 90.8 cm³/mol. The maximum absolute atomic E-state index is 12.5. The van der Waals surface area contributed by atoms with Gasteiger partial charge in [0.15, 0.2) is 0 Å². The Morgan fingerprint density at radius 3 is 2.82 bits per heavy atom. The van der Waals surface area contributed by atoms with E-state index in [4.69, 9.17) is 0 Å². The van der Waals surface area contributed by atoms with Crippen LogP contribution in [0.15, 0.2) is 45.9 Å². The predicted octanol–water partition coefficient (Wildman–Crippen LogP) is 2.58. The summed E-state index contributed by atoms with van der Waals surface area (Å²) in [5.41, 5.74) is 1.31. The van der Waals surface area contributed by atoms with E-state index in [9.17, 15) is 9.59 Å². The highest BCUT2D eigenvalue weighted by atomic mass is 79.9. The van der Waals surface area contributed by atoms with Crippen molar-refractivity contribution in [3.05, 3.63) is 51.5 Å². The van der Waals surface area contributed by atoms with E-state index in [1.807, 2.05) is 19.9 Å². The lowest BCUT2D eigenvalue weighted by Crippen LogP contribution is -2.37. The van der Waals surface area contributed by atoms with E-state index in [1.165, 1.54) is 10.9 Å². The van der Waals surface area contributed by atoms with E-state index in [0.29, 0.717) is 24.0 Å². The summed E-state index contributed by atoms with van der Waals surface area (Å²) in [5.74, 6) is -0.122. The van der Waals surface area contributed by atoms with Gasteiger partial charge in [0.1, 0.15) is 6.54 Å². The minimum absolute atomic E-state index is 0.0184. The number of carbonyl (C=O) groups is 1. The van der Waals surface area contributed by atoms with Gasteiger partial charge in [-0.1, -0.05) is 28.1 Å². The topological polar surface area (TPSA) is 55.2 Å². The maximum atomic E-state index is 12.5. The van der Waals surface area contributed by atoms with Crippen LogP contribution in [0.1, 0.15) is 13.8 Å². The largest absolute Gasteiger partial charge is 0.337 e. The molecule has 1 heterocycles. The van der Waals surface area contributed by atoms with Crippen LogP contribution in [0.3, 0.4) is 0 Å². The normalized spacial score (nSPS) is 10.7. The van der Waals surface area contributed by atoms with Crippen LogP contribution >= 0.6 is 15.9 Å². The summed E-state index contributed by atoms with van der Waals surface area (Å²) >= 11 is 3.34. The third kappa shape index (κ3) is 3.62. The lowest BCUT2D eigenvalue weighted by atomic mass is 10.2. The van der Waals surface area contributed by atoms with Gasteiger partial charge in [-0.15, -0.1) is 0 Å². The number of hydrogen-bond acceptors (Lipinski definition) is 3. The number of aromatic nitrogens is 2. The minimum atomic E-state index is -0.217. The molecule has 2 aromatic rings. The highest BCUT2D eigenvalue weighted by Gasteiger charge is 2.14. The van der Waals surface area contributed by atoms with Gasteiger partial charge in [-0.05, 0) is 32.0 Å². The second kappa shape index (κ2) is 6.87. The second-order valence-corrected chi connectivity index (χ2v) is 6.12. The van der Waals surface area contributed by atoms with E-state index in [0.717, 1.165) is 10.0 Å². The molecule has 0 aliphatic rings. The molecule has 0 spiro atoms. The molecule has 2 rings (SSSR count). The number of benzene rings is 1. The molecule has 116 valence electrons. The van der Waals surface area contributed by atoms with Crippen LogP contribution in [0.4, 0.5) is 0 Å². The van der Waals surface area contributed by atoms with Gasteiger partial charge < -0.3 is 4.90 Å². The van der Waals surface area contributed by atoms with E-state index in [-0.39, 0.29) is 18.0 Å². The Morgan fingerprint density at radius 2 is 2.18 bits per heavy atom. The highest BCUT2D eigenvalue weighted by molar-refractivity contribution is 9.10. The molecule has 0 fully saturated rings. The molecular weight excluding hydrogens is 346 g/mol. The first kappa shape index (κ1) is 16.4. The molecule has 1 aromatic heterocycles. The van der Waals surface area contributed by atoms with Crippen LogP contribution in [-0.2, 0) is 11.3 Å². The van der Waals surface area contributed by atoms with E-state index < -0.39 is 0 Å². The summed E-state index contributed by atoms with van der Waals surface area (Å²) in [5, 5.41) is 0.493. The zero-order valence-electron chi connectivity index (χ0n) is 12.7. The molecule has 0 N–H and O–H groups in total. The van der Waals surface area contributed by atoms with Crippen LogP contribution in [0, 0.1) is 0 Å². The Kier molecular flexibility index (Phi) is 5.13. The summed E-state index contributed by atoms with van der Waals surface area (Å²) in [6.45, 7) is 8.65. The van der Waals surface area contributed by atoms with Crippen molar-refractivity contribution in [3.8, 4) is 0 Å². The van der Waals surface area contributed by atoms with Crippen molar-refractivity contribution in [3.63, 3.8) is 0 Å². The fourth-order valence-corrected chi connectivity index (χ4v) is 2.55. The minimum Gasteiger partial charge on any atom is -0.337 e. The quantitative estimate of drug-likeness (QED) is 0.767. The number of rotatable bonds is 5. The van der Waals surface area contributed by atoms with Crippen LogP contribution in [0.25, 0.3) is 10.9 Å². The molecule has 6 heteroatoms. The fraction of sp³-hybridized carbons (Fsp3) is 0.312. The molecule has 1 amide bonds. The first-order valence-corrected chi connectivity index (χ1v) is 7.78. The molecule has 0 saturated carbocycles. The molecule has 0 saturated heterocycles. The Balaban J connectivity index is 2.31. The van der Waals surface area contributed by atoms with Crippen LogP contribution in [-0.4, -0.2) is 33.4 Å². The van der Waals surface area contributed by atoms with Gasteiger partial charge in [0.05, 0.1) is 17.2 Å². The number of carbonyl (C=O) groups excluding carboxylic acids is 1. The zero-order valence-corrected chi connectivity index (χ0v) is 14.3. The summed E-state index contributed by atoms with van der Waals surface area (Å²) in [6.07, 6.45) is 1.42. The van der Waals surface area contributed by atoms with E-state index >= 15 is 0 Å². The molecule has 0 aliphatic carbocycles. The maximum Gasteiger partial charge on any atom is 0.261 e. The highest BCUT2D eigenvalue weighted by Crippen LogP contribution is 2.14. The Labute approximate surface area is 137 Å². The Hall–Kier alpha value is -1.95. The van der Waals surface area contributed by atoms with Gasteiger partial charge in [-0.2, -0.15) is 0 Å². The Morgan fingerprint density at radius 1 is 1.45 bits per heavy atom. The molecule has 5 nitrogen and oxygen atoms in total. The van der Waals surface area contributed by atoms with E-state index in [2.05, 4.69) is 27.5 Å². The number of fused-ring (bicyclic) bond motifs is 1. The van der Waals surface area contributed by atoms with Crippen molar-refractivity contribution in [2.75, 3.05) is 13.1 Å². The third-order valence-electron chi connectivity index (χ3n) is 3.29. The first-order chi connectivity index (χ1) is 10.4. The van der Waals surface area contributed by atoms with Crippen LogP contribution < -0.4 is 5.56 Å². The van der Waals surface area contributed by atoms with Crippen molar-refractivity contribution in [2.45, 2.75) is 20.4 Å². The van der Waals surface area contributed by atoms with Crippen LogP contribution in [0.5, 0.6) is 0 Å². The summed E-state index contributed by atoms with van der Waals surface area (Å²) < 4.78 is 2.15. The number of halogens is 1. The molecular formula is C16H18BrN3O2. The van der Waals surface area contributed by atoms with E-state index in [1.54, 1.807) is 17.0 Å². The Bertz CT molecular complexity index is 783. The lowest BCUT2D eigenvalue weighted by molar-refractivity contribution is -0.131. The molecule has 0 aliphatic heterocycles. The van der Waals surface area contributed by atoms with Gasteiger partial charge in [0.25, 0.3) is 5.56 Å². The van der Waals surface area contributed by atoms with Crippen molar-refractivity contribution in [2.24, 2.45) is 0 Å². The summed E-state index contributed by atoms with van der Waals surface area (Å²) in [4.78, 5) is 30.7. The molecule has 22 heavy (non-hydrogen) atoms. The second-order valence-electron chi connectivity index (χ2n) is 5.20. The first-order valence-electron chi connectivity index (χ1n) is 6.99. The van der Waals surface area contributed by atoms with Gasteiger partial charge in [-0.25, -0.2) is 4.98 Å². The number of amides is 1. The average Bonchev–Trinajstić information content (AvgIpc) is 2.47. The molecule has 0 bridgehead atoms. The third-order valence-corrected chi connectivity index (χ3v) is 3.78. The van der Waals surface area contributed by atoms with Gasteiger partial charge >= 0.3 is 0 Å². The monoisotopic (exact) mass is 363 g/mol. The number of hydrogen-bond donors (Lipinski definition) is 0. The fourth-order valence-electron chi connectivity index (χ4n) is 2.19. The summed E-state index contributed by atoms with van der Waals surface area (Å²) in [6, 6.07) is 5.32. The van der Waals surface area contributed by atoms with Crippen LogP contribution in [0.2, 0.25) is 0 Å². The smallest absolute Gasteiger partial charge is 0.261 e. The zero-order chi connectivity index (χ0) is 16.3. The van der Waals surface area contributed by atoms with Gasteiger partial charge in [0.2, 0.25) is 5.91 Å². The van der Waals surface area contributed by atoms with Crippen molar-refractivity contribution < 1.29 is 4.79 Å².